The first-order valence-electron chi connectivity index (χ1n) is 8.06. The molecule has 1 fully saturated rings. The number of amides is 1. The van der Waals surface area contributed by atoms with Crippen LogP contribution < -0.4 is 5.32 Å². The van der Waals surface area contributed by atoms with Crippen LogP contribution in [0.4, 0.5) is 0 Å². The van der Waals surface area contributed by atoms with E-state index in [-0.39, 0.29) is 18.1 Å². The molecule has 0 bridgehead atoms. The number of carbonyl (C=O) groups is 1. The molecule has 2 aromatic rings. The van der Waals surface area contributed by atoms with Crippen LogP contribution in [0, 0.1) is 6.92 Å². The van der Waals surface area contributed by atoms with E-state index < -0.39 is 5.60 Å². The Labute approximate surface area is 135 Å². The molecule has 0 saturated heterocycles. The topological polar surface area (TPSA) is 80.0 Å². The first-order valence-corrected chi connectivity index (χ1v) is 8.06. The number of benzene rings is 1. The lowest BCUT2D eigenvalue weighted by molar-refractivity contribution is 0.00521. The highest BCUT2D eigenvalue weighted by atomic mass is 16.3. The van der Waals surface area contributed by atoms with Gasteiger partial charge in [-0.3, -0.25) is 4.79 Å². The molecule has 1 aromatic carbocycles. The molecule has 122 valence electrons. The second-order valence-electron chi connectivity index (χ2n) is 6.35. The van der Waals surface area contributed by atoms with Crippen molar-refractivity contribution in [3.8, 4) is 5.69 Å². The van der Waals surface area contributed by atoms with Crippen LogP contribution in [-0.4, -0.2) is 38.2 Å². The van der Waals surface area contributed by atoms with Crippen molar-refractivity contribution in [2.45, 2.75) is 44.6 Å². The number of nitrogens with one attached hydrogen (secondary N) is 1. The van der Waals surface area contributed by atoms with Gasteiger partial charge in [0, 0.05) is 6.54 Å². The molecule has 1 amide bonds. The normalized spacial score (nSPS) is 17.0. The molecule has 1 aromatic heterocycles. The van der Waals surface area contributed by atoms with E-state index in [1.54, 1.807) is 10.9 Å². The molecule has 1 aliphatic rings. The quantitative estimate of drug-likeness (QED) is 0.904. The van der Waals surface area contributed by atoms with Crippen LogP contribution in [0.1, 0.15) is 48.2 Å². The fourth-order valence-electron chi connectivity index (χ4n) is 2.91. The van der Waals surface area contributed by atoms with Crippen LogP contribution >= 0.6 is 0 Å². The summed E-state index contributed by atoms with van der Waals surface area (Å²) in [5.74, 6) is -0.303. The molecule has 0 atom stereocenters. The zero-order valence-corrected chi connectivity index (χ0v) is 13.3. The number of hydrogen-bond donors (Lipinski definition) is 2. The monoisotopic (exact) mass is 314 g/mol. The Morgan fingerprint density at radius 1 is 1.26 bits per heavy atom. The Kier molecular flexibility index (Phi) is 4.43. The van der Waals surface area contributed by atoms with Gasteiger partial charge in [0.05, 0.1) is 17.5 Å². The van der Waals surface area contributed by atoms with Crippen molar-refractivity contribution < 1.29 is 9.90 Å². The van der Waals surface area contributed by atoms with Crippen molar-refractivity contribution >= 4 is 5.91 Å². The second kappa shape index (κ2) is 6.50. The fourth-order valence-corrected chi connectivity index (χ4v) is 2.91. The first kappa shape index (κ1) is 15.7. The number of aromatic nitrogens is 3. The zero-order chi connectivity index (χ0) is 16.3. The highest BCUT2D eigenvalue weighted by molar-refractivity contribution is 5.91. The Hall–Kier alpha value is -2.21. The van der Waals surface area contributed by atoms with E-state index in [0.717, 1.165) is 43.4 Å². The summed E-state index contributed by atoms with van der Waals surface area (Å²) in [5, 5.41) is 21.1. The Bertz CT molecular complexity index is 672. The smallest absolute Gasteiger partial charge is 0.273 e. The molecule has 1 heterocycles. The van der Waals surface area contributed by atoms with E-state index in [0.29, 0.717) is 0 Å². The minimum absolute atomic E-state index is 0.255. The summed E-state index contributed by atoms with van der Waals surface area (Å²) in [5.41, 5.74) is 1.49. The highest BCUT2D eigenvalue weighted by Crippen LogP contribution is 2.27. The van der Waals surface area contributed by atoms with Crippen molar-refractivity contribution in [2.24, 2.45) is 0 Å². The van der Waals surface area contributed by atoms with E-state index in [4.69, 9.17) is 0 Å². The Balaban J connectivity index is 1.63. The molecule has 0 radical (unpaired) electrons. The molecular weight excluding hydrogens is 292 g/mol. The van der Waals surface area contributed by atoms with Crippen LogP contribution in [0.5, 0.6) is 0 Å². The lowest BCUT2D eigenvalue weighted by atomic mass is 9.85. The largest absolute Gasteiger partial charge is 0.388 e. The summed E-state index contributed by atoms with van der Waals surface area (Å²) in [4.78, 5) is 12.2. The van der Waals surface area contributed by atoms with Gasteiger partial charge in [0.2, 0.25) is 0 Å². The molecule has 0 unspecified atom stereocenters. The van der Waals surface area contributed by atoms with E-state index in [1.807, 2.05) is 31.2 Å². The fraction of sp³-hybridized carbons (Fsp3) is 0.471. The number of nitrogens with zero attached hydrogens (tertiary/aromatic N) is 3. The number of rotatable bonds is 4. The maximum atomic E-state index is 12.2. The number of carbonyl (C=O) groups excluding carboxylic acids is 1. The molecular formula is C17H22N4O2. The minimum Gasteiger partial charge on any atom is -0.388 e. The van der Waals surface area contributed by atoms with Crippen LogP contribution in [0.25, 0.3) is 5.69 Å². The summed E-state index contributed by atoms with van der Waals surface area (Å²) < 4.78 is 1.57. The second-order valence-corrected chi connectivity index (χ2v) is 6.35. The van der Waals surface area contributed by atoms with Gasteiger partial charge >= 0.3 is 0 Å². The average Bonchev–Trinajstić information content (AvgIpc) is 3.04. The zero-order valence-electron chi connectivity index (χ0n) is 13.3. The molecule has 3 rings (SSSR count). The highest BCUT2D eigenvalue weighted by Gasteiger charge is 2.29. The third-order valence-corrected chi connectivity index (χ3v) is 4.39. The average molecular weight is 314 g/mol. The lowest BCUT2D eigenvalue weighted by Gasteiger charge is -2.31. The van der Waals surface area contributed by atoms with Crippen molar-refractivity contribution in [1.82, 2.24) is 20.3 Å². The van der Waals surface area contributed by atoms with Gasteiger partial charge in [-0.15, -0.1) is 5.10 Å². The van der Waals surface area contributed by atoms with Gasteiger partial charge in [-0.05, 0) is 31.9 Å². The van der Waals surface area contributed by atoms with E-state index in [9.17, 15) is 9.90 Å². The molecule has 2 N–H and O–H groups in total. The van der Waals surface area contributed by atoms with Gasteiger partial charge < -0.3 is 10.4 Å². The maximum Gasteiger partial charge on any atom is 0.273 e. The summed E-state index contributed by atoms with van der Waals surface area (Å²) in [6.07, 6.45) is 6.25. The molecule has 1 aliphatic carbocycles. The number of aliphatic hydroxyl groups is 1. The third-order valence-electron chi connectivity index (χ3n) is 4.39. The van der Waals surface area contributed by atoms with E-state index in [2.05, 4.69) is 15.6 Å². The van der Waals surface area contributed by atoms with E-state index >= 15 is 0 Å². The Morgan fingerprint density at radius 2 is 1.96 bits per heavy atom. The predicted octanol–water partition coefficient (Wildman–Crippen LogP) is 2.00. The minimum atomic E-state index is -0.777. The third kappa shape index (κ3) is 3.76. The van der Waals surface area contributed by atoms with Gasteiger partial charge in [-0.1, -0.05) is 42.2 Å². The first-order chi connectivity index (χ1) is 11.1. The van der Waals surface area contributed by atoms with E-state index in [1.165, 1.54) is 0 Å². The lowest BCUT2D eigenvalue weighted by Crippen LogP contribution is -2.44. The SMILES string of the molecule is Cc1ccc(-n2cc(C(=O)NCC3(O)CCCCC3)nn2)cc1. The van der Waals surface area contributed by atoms with Gasteiger partial charge in [-0.25, -0.2) is 4.68 Å². The van der Waals surface area contributed by atoms with Crippen molar-refractivity contribution in [1.29, 1.82) is 0 Å². The molecule has 6 heteroatoms. The number of hydrogen-bond acceptors (Lipinski definition) is 4. The molecule has 0 aliphatic heterocycles. The molecule has 1 saturated carbocycles. The van der Waals surface area contributed by atoms with Gasteiger partial charge in [-0.2, -0.15) is 0 Å². The van der Waals surface area contributed by atoms with Gasteiger partial charge in [0.25, 0.3) is 5.91 Å². The van der Waals surface area contributed by atoms with Gasteiger partial charge in [0.15, 0.2) is 5.69 Å². The van der Waals surface area contributed by atoms with Crippen LogP contribution in [0.2, 0.25) is 0 Å². The Morgan fingerprint density at radius 3 is 2.65 bits per heavy atom. The van der Waals surface area contributed by atoms with Crippen LogP contribution in [0.15, 0.2) is 30.5 Å². The summed E-state index contributed by atoms with van der Waals surface area (Å²) in [6.45, 7) is 2.28. The predicted molar refractivity (Wildman–Crippen MR) is 86.5 cm³/mol. The van der Waals surface area contributed by atoms with Crippen LogP contribution in [0.3, 0.4) is 0 Å². The number of aryl methyl sites for hydroxylation is 1. The molecule has 6 nitrogen and oxygen atoms in total. The summed E-state index contributed by atoms with van der Waals surface area (Å²) in [7, 11) is 0. The summed E-state index contributed by atoms with van der Waals surface area (Å²) in [6, 6.07) is 7.82. The molecule has 0 spiro atoms. The maximum absolute atomic E-state index is 12.2. The van der Waals surface area contributed by atoms with Crippen molar-refractivity contribution in [3.63, 3.8) is 0 Å². The van der Waals surface area contributed by atoms with Crippen LogP contribution in [-0.2, 0) is 0 Å². The van der Waals surface area contributed by atoms with Crippen molar-refractivity contribution in [2.75, 3.05) is 6.54 Å². The van der Waals surface area contributed by atoms with Crippen molar-refractivity contribution in [3.05, 3.63) is 41.7 Å². The summed E-state index contributed by atoms with van der Waals surface area (Å²) >= 11 is 0. The van der Waals surface area contributed by atoms with Gasteiger partial charge in [0.1, 0.15) is 0 Å². The molecule has 23 heavy (non-hydrogen) atoms. The standard InChI is InChI=1S/C17H22N4O2/c1-13-5-7-14(8-6-13)21-11-15(19-20-21)16(22)18-12-17(23)9-3-2-4-10-17/h5-8,11,23H,2-4,9-10,12H2,1H3,(H,18,22).